The summed E-state index contributed by atoms with van der Waals surface area (Å²) in [7, 11) is 0. The molecule has 4 nitrogen and oxygen atoms in total. The molecule has 0 amide bonds. The van der Waals surface area contributed by atoms with Crippen LogP contribution in [0.2, 0.25) is 0 Å². The highest BCUT2D eigenvalue weighted by Gasteiger charge is 2.10. The van der Waals surface area contributed by atoms with E-state index in [0.29, 0.717) is 12.1 Å². The highest BCUT2D eigenvalue weighted by atomic mass is 16.1. The third kappa shape index (κ3) is 2.94. The van der Waals surface area contributed by atoms with E-state index in [1.807, 2.05) is 24.4 Å². The fourth-order valence-electron chi connectivity index (χ4n) is 3.20. The van der Waals surface area contributed by atoms with Gasteiger partial charge < -0.3 is 4.57 Å². The van der Waals surface area contributed by atoms with Gasteiger partial charge in [-0.25, -0.2) is 4.52 Å². The van der Waals surface area contributed by atoms with Gasteiger partial charge in [-0.1, -0.05) is 42.0 Å². The summed E-state index contributed by atoms with van der Waals surface area (Å²) in [6, 6.07) is 16.4. The molecule has 130 valence electrons. The highest BCUT2D eigenvalue weighted by Crippen LogP contribution is 2.21. The van der Waals surface area contributed by atoms with Crippen LogP contribution in [0.25, 0.3) is 16.8 Å². The Morgan fingerprint density at radius 3 is 2.54 bits per heavy atom. The van der Waals surface area contributed by atoms with E-state index in [9.17, 15) is 4.79 Å². The number of hydrogen-bond donors (Lipinski definition) is 0. The van der Waals surface area contributed by atoms with Crippen molar-refractivity contribution in [1.29, 1.82) is 0 Å². The van der Waals surface area contributed by atoms with Crippen LogP contribution in [0.3, 0.4) is 0 Å². The van der Waals surface area contributed by atoms with Crippen LogP contribution in [0.4, 0.5) is 0 Å². The molecule has 0 fully saturated rings. The Balaban J connectivity index is 1.76. The maximum atomic E-state index is 12.9. The van der Waals surface area contributed by atoms with Crippen molar-refractivity contribution in [2.75, 3.05) is 0 Å². The molecule has 0 bridgehead atoms. The molecule has 4 heteroatoms. The van der Waals surface area contributed by atoms with Gasteiger partial charge in [0.05, 0.1) is 12.2 Å². The standard InChI is InChI=1S/C22H21N3O/c1-15-5-4-6-18(11-15)14-24-9-10-25-21(22(24)26)13-20(23-25)19-8-7-16(2)17(3)12-19/h4-13H,14H2,1-3H3. The van der Waals surface area contributed by atoms with Gasteiger partial charge in [0.25, 0.3) is 5.56 Å². The minimum Gasteiger partial charge on any atom is -0.308 e. The predicted molar refractivity (Wildman–Crippen MR) is 105 cm³/mol. The van der Waals surface area contributed by atoms with Crippen LogP contribution in [-0.2, 0) is 6.54 Å². The monoisotopic (exact) mass is 343 g/mol. The number of aryl methyl sites for hydroxylation is 3. The van der Waals surface area contributed by atoms with E-state index < -0.39 is 0 Å². The van der Waals surface area contributed by atoms with Crippen molar-refractivity contribution in [2.24, 2.45) is 0 Å². The molecule has 4 rings (SSSR count). The second-order valence-corrected chi connectivity index (χ2v) is 6.88. The minimum atomic E-state index is -0.0309. The Kier molecular flexibility index (Phi) is 3.96. The molecular weight excluding hydrogens is 322 g/mol. The molecule has 0 aliphatic rings. The molecule has 26 heavy (non-hydrogen) atoms. The number of nitrogens with zero attached hydrogens (tertiary/aromatic N) is 3. The number of fused-ring (bicyclic) bond motifs is 1. The van der Waals surface area contributed by atoms with Gasteiger partial charge in [0.2, 0.25) is 0 Å². The molecule has 0 atom stereocenters. The molecule has 4 aromatic rings. The van der Waals surface area contributed by atoms with E-state index in [1.165, 1.54) is 16.7 Å². The molecule has 0 aliphatic carbocycles. The number of hydrogen-bond acceptors (Lipinski definition) is 2. The van der Waals surface area contributed by atoms with E-state index in [-0.39, 0.29) is 5.56 Å². The van der Waals surface area contributed by atoms with E-state index in [4.69, 9.17) is 0 Å². The summed E-state index contributed by atoms with van der Waals surface area (Å²) in [5.41, 5.74) is 7.18. The number of rotatable bonds is 3. The SMILES string of the molecule is Cc1cccc(Cn2ccn3nc(-c4ccc(C)c(C)c4)cc3c2=O)c1. The zero-order chi connectivity index (χ0) is 18.3. The maximum absolute atomic E-state index is 12.9. The van der Waals surface area contributed by atoms with E-state index in [1.54, 1.807) is 15.3 Å². The largest absolute Gasteiger partial charge is 0.308 e. The highest BCUT2D eigenvalue weighted by molar-refractivity contribution is 5.66. The Labute approximate surface area is 152 Å². The van der Waals surface area contributed by atoms with Crippen LogP contribution in [0.5, 0.6) is 0 Å². The Morgan fingerprint density at radius 2 is 1.77 bits per heavy atom. The number of benzene rings is 2. The second-order valence-electron chi connectivity index (χ2n) is 6.88. The van der Waals surface area contributed by atoms with Crippen molar-refractivity contribution in [3.8, 4) is 11.3 Å². The first-order valence-electron chi connectivity index (χ1n) is 8.73. The lowest BCUT2D eigenvalue weighted by atomic mass is 10.0. The van der Waals surface area contributed by atoms with Gasteiger partial charge in [-0.15, -0.1) is 0 Å². The smallest absolute Gasteiger partial charge is 0.276 e. The quantitative estimate of drug-likeness (QED) is 0.561. The molecule has 0 N–H and O–H groups in total. The maximum Gasteiger partial charge on any atom is 0.276 e. The van der Waals surface area contributed by atoms with Gasteiger partial charge in [0, 0.05) is 18.0 Å². The molecule has 0 saturated carbocycles. The van der Waals surface area contributed by atoms with Gasteiger partial charge in [0.1, 0.15) is 5.52 Å². The van der Waals surface area contributed by atoms with Crippen LogP contribution in [0, 0.1) is 20.8 Å². The molecule has 2 heterocycles. The van der Waals surface area contributed by atoms with Crippen molar-refractivity contribution in [2.45, 2.75) is 27.3 Å². The Morgan fingerprint density at radius 1 is 0.923 bits per heavy atom. The van der Waals surface area contributed by atoms with E-state index in [2.05, 4.69) is 56.2 Å². The molecular formula is C22H21N3O. The van der Waals surface area contributed by atoms with Gasteiger partial charge >= 0.3 is 0 Å². The molecule has 0 spiro atoms. The Hall–Kier alpha value is -3.14. The summed E-state index contributed by atoms with van der Waals surface area (Å²) in [6.45, 7) is 6.79. The van der Waals surface area contributed by atoms with Crippen LogP contribution in [0.15, 0.2) is 65.7 Å². The summed E-state index contributed by atoms with van der Waals surface area (Å²) in [5, 5.41) is 4.58. The Bertz CT molecular complexity index is 1170. The fourth-order valence-corrected chi connectivity index (χ4v) is 3.20. The van der Waals surface area contributed by atoms with Gasteiger partial charge in [-0.05, 0) is 49.6 Å². The van der Waals surface area contributed by atoms with E-state index >= 15 is 0 Å². The first kappa shape index (κ1) is 16.3. The van der Waals surface area contributed by atoms with E-state index in [0.717, 1.165) is 16.8 Å². The molecule has 0 aliphatic heterocycles. The summed E-state index contributed by atoms with van der Waals surface area (Å²) in [5.74, 6) is 0. The van der Waals surface area contributed by atoms with Crippen LogP contribution in [-0.4, -0.2) is 14.2 Å². The lowest BCUT2D eigenvalue weighted by Crippen LogP contribution is -2.21. The lowest BCUT2D eigenvalue weighted by Gasteiger charge is -2.06. The van der Waals surface area contributed by atoms with Gasteiger partial charge in [-0.2, -0.15) is 5.10 Å². The third-order valence-electron chi connectivity index (χ3n) is 4.84. The summed E-state index contributed by atoms with van der Waals surface area (Å²) in [6.07, 6.45) is 3.64. The zero-order valence-electron chi connectivity index (χ0n) is 15.2. The van der Waals surface area contributed by atoms with Crippen LogP contribution < -0.4 is 5.56 Å². The zero-order valence-corrected chi connectivity index (χ0v) is 15.2. The molecule has 2 aromatic carbocycles. The van der Waals surface area contributed by atoms with Crippen molar-refractivity contribution in [3.63, 3.8) is 0 Å². The van der Waals surface area contributed by atoms with Gasteiger partial charge in [0.15, 0.2) is 0 Å². The topological polar surface area (TPSA) is 39.3 Å². The molecule has 2 aromatic heterocycles. The van der Waals surface area contributed by atoms with Crippen molar-refractivity contribution in [1.82, 2.24) is 14.2 Å². The molecule has 0 saturated heterocycles. The average molecular weight is 343 g/mol. The van der Waals surface area contributed by atoms with Crippen LogP contribution >= 0.6 is 0 Å². The second kappa shape index (κ2) is 6.30. The van der Waals surface area contributed by atoms with Gasteiger partial charge in [-0.3, -0.25) is 4.79 Å². The van der Waals surface area contributed by atoms with Crippen molar-refractivity contribution < 1.29 is 0 Å². The lowest BCUT2D eigenvalue weighted by molar-refractivity contribution is 0.742. The summed E-state index contributed by atoms with van der Waals surface area (Å²) < 4.78 is 3.40. The number of aromatic nitrogens is 3. The minimum absolute atomic E-state index is 0.0309. The normalized spacial score (nSPS) is 11.2. The summed E-state index contributed by atoms with van der Waals surface area (Å²) in [4.78, 5) is 12.9. The third-order valence-corrected chi connectivity index (χ3v) is 4.84. The predicted octanol–water partition coefficient (Wildman–Crippen LogP) is 4.14. The molecule has 0 unspecified atom stereocenters. The first-order chi connectivity index (χ1) is 12.5. The fraction of sp³-hybridized carbons (Fsp3) is 0.182. The van der Waals surface area contributed by atoms with Crippen LogP contribution in [0.1, 0.15) is 22.3 Å². The van der Waals surface area contributed by atoms with Crippen molar-refractivity contribution >= 4 is 5.52 Å². The van der Waals surface area contributed by atoms with Crippen molar-refractivity contribution in [3.05, 3.63) is 93.5 Å². The first-order valence-corrected chi connectivity index (χ1v) is 8.73. The average Bonchev–Trinajstić information content (AvgIpc) is 3.05. The molecule has 0 radical (unpaired) electrons. The summed E-state index contributed by atoms with van der Waals surface area (Å²) >= 11 is 0.